The summed E-state index contributed by atoms with van der Waals surface area (Å²) in [5.74, 6) is 1.72. The Balaban J connectivity index is 1.62. The van der Waals surface area contributed by atoms with E-state index >= 15 is 0 Å². The number of nitrogens with zero attached hydrogens (tertiary/aromatic N) is 5. The quantitative estimate of drug-likeness (QED) is 0.467. The third-order valence-corrected chi connectivity index (χ3v) is 6.76. The molecule has 0 spiro atoms. The summed E-state index contributed by atoms with van der Waals surface area (Å²) in [6.07, 6.45) is 3.78. The molecule has 1 unspecified atom stereocenters. The molecule has 1 saturated heterocycles. The van der Waals surface area contributed by atoms with Crippen LogP contribution in [0.4, 0.5) is 0 Å². The van der Waals surface area contributed by atoms with Crippen LogP contribution in [0.1, 0.15) is 49.2 Å². The van der Waals surface area contributed by atoms with Gasteiger partial charge < -0.3 is 0 Å². The van der Waals surface area contributed by atoms with Gasteiger partial charge in [0.15, 0.2) is 11.0 Å². The lowest BCUT2D eigenvalue weighted by Gasteiger charge is -2.31. The van der Waals surface area contributed by atoms with Gasteiger partial charge in [-0.2, -0.15) is 5.26 Å². The average molecular weight is 438 g/mol. The predicted octanol–water partition coefficient (Wildman–Crippen LogP) is 5.63. The molecule has 0 N–H and O–H groups in total. The van der Waals surface area contributed by atoms with Crippen molar-refractivity contribution in [2.45, 2.75) is 43.1 Å². The molecule has 1 aromatic heterocycles. The SMILES string of the molecule is CC(c1nnc(SCc2ccc(C#N)cc2)n1-c1ccc(Cl)cc1)N1CCCCC1. The van der Waals surface area contributed by atoms with Crippen LogP contribution in [0.25, 0.3) is 5.69 Å². The molecule has 2 heterocycles. The van der Waals surface area contributed by atoms with Crippen LogP contribution in [-0.4, -0.2) is 32.8 Å². The number of nitriles is 1. The zero-order valence-electron chi connectivity index (χ0n) is 17.0. The highest BCUT2D eigenvalue weighted by Gasteiger charge is 2.25. The zero-order valence-corrected chi connectivity index (χ0v) is 18.5. The highest BCUT2D eigenvalue weighted by Crippen LogP contribution is 2.31. The molecular weight excluding hydrogens is 414 g/mol. The molecular formula is C23H24ClN5S. The number of aromatic nitrogens is 3. The molecule has 0 aliphatic carbocycles. The Morgan fingerprint density at radius 1 is 1.03 bits per heavy atom. The maximum absolute atomic E-state index is 8.99. The number of benzene rings is 2. The number of hydrogen-bond donors (Lipinski definition) is 0. The third-order valence-electron chi connectivity index (χ3n) is 5.51. The summed E-state index contributed by atoms with van der Waals surface area (Å²) in [6, 6.07) is 17.9. The van der Waals surface area contributed by atoms with Crippen LogP contribution in [-0.2, 0) is 5.75 Å². The molecule has 0 bridgehead atoms. The van der Waals surface area contributed by atoms with E-state index in [9.17, 15) is 0 Å². The van der Waals surface area contributed by atoms with Gasteiger partial charge in [0.1, 0.15) is 0 Å². The summed E-state index contributed by atoms with van der Waals surface area (Å²) < 4.78 is 2.16. The van der Waals surface area contributed by atoms with Gasteiger partial charge in [0.05, 0.1) is 17.7 Å². The van der Waals surface area contributed by atoms with E-state index in [0.717, 1.165) is 41.1 Å². The first kappa shape index (κ1) is 20.9. The van der Waals surface area contributed by atoms with Crippen molar-refractivity contribution >= 4 is 23.4 Å². The Morgan fingerprint density at radius 3 is 2.40 bits per heavy atom. The van der Waals surface area contributed by atoms with Crippen molar-refractivity contribution in [1.82, 2.24) is 19.7 Å². The lowest BCUT2D eigenvalue weighted by molar-refractivity contribution is 0.167. The van der Waals surface area contributed by atoms with Crippen LogP contribution < -0.4 is 0 Å². The summed E-state index contributed by atoms with van der Waals surface area (Å²) in [7, 11) is 0. The fourth-order valence-corrected chi connectivity index (χ4v) is 4.81. The molecule has 1 aliphatic rings. The topological polar surface area (TPSA) is 57.7 Å². The Kier molecular flexibility index (Phi) is 6.73. The van der Waals surface area contributed by atoms with E-state index in [2.05, 4.69) is 32.7 Å². The van der Waals surface area contributed by atoms with Gasteiger partial charge in [0.25, 0.3) is 0 Å². The minimum atomic E-state index is 0.192. The average Bonchev–Trinajstić information content (AvgIpc) is 3.22. The van der Waals surface area contributed by atoms with Gasteiger partial charge in [-0.1, -0.05) is 41.9 Å². The number of rotatable bonds is 6. The number of piperidine rings is 1. The first-order valence-electron chi connectivity index (χ1n) is 10.2. The normalized spacial score (nSPS) is 15.6. The summed E-state index contributed by atoms with van der Waals surface area (Å²) in [4.78, 5) is 2.50. The van der Waals surface area contributed by atoms with Crippen molar-refractivity contribution in [2.75, 3.05) is 13.1 Å². The van der Waals surface area contributed by atoms with Gasteiger partial charge in [0.2, 0.25) is 0 Å². The first-order chi connectivity index (χ1) is 14.7. The highest BCUT2D eigenvalue weighted by atomic mass is 35.5. The van der Waals surface area contributed by atoms with E-state index in [1.807, 2.05) is 48.5 Å². The molecule has 30 heavy (non-hydrogen) atoms. The van der Waals surface area contributed by atoms with E-state index in [1.54, 1.807) is 11.8 Å². The summed E-state index contributed by atoms with van der Waals surface area (Å²) in [6.45, 7) is 4.42. The molecule has 0 radical (unpaired) electrons. The standard InChI is InChI=1S/C23H24ClN5S/c1-17(28-13-3-2-4-14-28)22-26-27-23(29(22)21-11-9-20(24)10-12-21)30-16-19-7-5-18(15-25)6-8-19/h5-12,17H,2-4,13-14,16H2,1H3. The van der Waals surface area contributed by atoms with Gasteiger partial charge in [-0.15, -0.1) is 10.2 Å². The van der Waals surface area contributed by atoms with Gasteiger partial charge in [0, 0.05) is 16.5 Å². The number of halogens is 1. The van der Waals surface area contributed by atoms with Gasteiger partial charge in [-0.25, -0.2) is 0 Å². The number of thioether (sulfide) groups is 1. The number of likely N-dealkylation sites (tertiary alicyclic amines) is 1. The van der Waals surface area contributed by atoms with Crippen LogP contribution in [0.3, 0.4) is 0 Å². The molecule has 1 fully saturated rings. The lowest BCUT2D eigenvalue weighted by atomic mass is 10.1. The zero-order chi connectivity index (χ0) is 20.9. The lowest BCUT2D eigenvalue weighted by Crippen LogP contribution is -2.33. The van der Waals surface area contributed by atoms with Crippen LogP contribution in [0.2, 0.25) is 5.02 Å². The maximum Gasteiger partial charge on any atom is 0.196 e. The van der Waals surface area contributed by atoms with E-state index in [0.29, 0.717) is 10.6 Å². The Hall–Kier alpha value is -2.33. The summed E-state index contributed by atoms with van der Waals surface area (Å²) in [5, 5.41) is 19.7. The van der Waals surface area contributed by atoms with Crippen molar-refractivity contribution in [1.29, 1.82) is 5.26 Å². The highest BCUT2D eigenvalue weighted by molar-refractivity contribution is 7.98. The van der Waals surface area contributed by atoms with Gasteiger partial charge in [-0.05, 0) is 74.8 Å². The molecule has 3 aromatic rings. The second-order valence-corrected chi connectivity index (χ2v) is 8.90. The molecule has 4 rings (SSSR count). The van der Waals surface area contributed by atoms with E-state index < -0.39 is 0 Å². The summed E-state index contributed by atoms with van der Waals surface area (Å²) in [5.41, 5.74) is 2.84. The molecule has 154 valence electrons. The first-order valence-corrected chi connectivity index (χ1v) is 11.6. The summed E-state index contributed by atoms with van der Waals surface area (Å²) >= 11 is 7.78. The van der Waals surface area contributed by atoms with Gasteiger partial charge in [-0.3, -0.25) is 9.47 Å². The van der Waals surface area contributed by atoms with E-state index in [-0.39, 0.29) is 6.04 Å². The van der Waals surface area contributed by atoms with Crippen LogP contribution in [0.15, 0.2) is 53.7 Å². The minimum Gasteiger partial charge on any atom is -0.294 e. The largest absolute Gasteiger partial charge is 0.294 e. The van der Waals surface area contributed by atoms with Gasteiger partial charge >= 0.3 is 0 Å². The van der Waals surface area contributed by atoms with Crippen molar-refractivity contribution < 1.29 is 0 Å². The molecule has 1 aliphatic heterocycles. The second-order valence-electron chi connectivity index (χ2n) is 7.52. The predicted molar refractivity (Wildman–Crippen MR) is 121 cm³/mol. The molecule has 2 aromatic carbocycles. The molecule has 1 atom stereocenters. The smallest absolute Gasteiger partial charge is 0.196 e. The van der Waals surface area contributed by atoms with Crippen molar-refractivity contribution in [3.8, 4) is 11.8 Å². The monoisotopic (exact) mass is 437 g/mol. The van der Waals surface area contributed by atoms with E-state index in [1.165, 1.54) is 19.3 Å². The van der Waals surface area contributed by atoms with Crippen LogP contribution in [0, 0.1) is 11.3 Å². The number of hydrogen-bond acceptors (Lipinski definition) is 5. The Labute approximate surface area is 186 Å². The van der Waals surface area contributed by atoms with Crippen molar-refractivity contribution in [3.63, 3.8) is 0 Å². The Morgan fingerprint density at radius 2 is 1.73 bits per heavy atom. The van der Waals surface area contributed by atoms with Crippen molar-refractivity contribution in [3.05, 3.63) is 70.5 Å². The molecule has 7 heteroatoms. The fraction of sp³-hybridized carbons (Fsp3) is 0.348. The maximum atomic E-state index is 8.99. The fourth-order valence-electron chi connectivity index (χ4n) is 3.77. The van der Waals surface area contributed by atoms with E-state index in [4.69, 9.17) is 16.9 Å². The molecule has 5 nitrogen and oxygen atoms in total. The minimum absolute atomic E-state index is 0.192. The Bertz CT molecular complexity index is 1020. The van der Waals surface area contributed by atoms with Crippen LogP contribution >= 0.6 is 23.4 Å². The van der Waals surface area contributed by atoms with Crippen LogP contribution in [0.5, 0.6) is 0 Å². The second kappa shape index (κ2) is 9.65. The van der Waals surface area contributed by atoms with Crippen molar-refractivity contribution in [2.24, 2.45) is 0 Å². The molecule has 0 amide bonds. The third kappa shape index (κ3) is 4.70. The molecule has 0 saturated carbocycles.